The normalized spacial score (nSPS) is 17.7. The van der Waals surface area contributed by atoms with Crippen LogP contribution in [0.1, 0.15) is 54.4 Å². The molecule has 3 rings (SSSR count). The van der Waals surface area contributed by atoms with Gasteiger partial charge in [0.05, 0.1) is 0 Å². The first kappa shape index (κ1) is 15.8. The molecule has 0 unspecified atom stereocenters. The standard InChI is InChI=1S/C19H24N2O2/c1-14-16-10-4-5-11-17(16)19(23)21(14)13-18(22)20-12-6-9-15-7-2-3-8-15/h4-5,10-11,15H,1-3,6-9,12-13H2,(H,20,22). The maximum absolute atomic E-state index is 12.3. The molecule has 2 amide bonds. The molecule has 2 aliphatic rings. The van der Waals surface area contributed by atoms with Gasteiger partial charge in [-0.3, -0.25) is 14.5 Å². The number of hydrogen-bond donors (Lipinski definition) is 1. The van der Waals surface area contributed by atoms with Gasteiger partial charge in [0.2, 0.25) is 5.91 Å². The molecule has 23 heavy (non-hydrogen) atoms. The minimum Gasteiger partial charge on any atom is -0.355 e. The third-order valence-corrected chi connectivity index (χ3v) is 4.93. The summed E-state index contributed by atoms with van der Waals surface area (Å²) in [7, 11) is 0. The fraction of sp³-hybridized carbons (Fsp3) is 0.474. The third kappa shape index (κ3) is 3.46. The van der Waals surface area contributed by atoms with Crippen LogP contribution < -0.4 is 5.32 Å². The smallest absolute Gasteiger partial charge is 0.259 e. The molecule has 1 N–H and O–H groups in total. The van der Waals surface area contributed by atoms with Crippen LogP contribution in [-0.2, 0) is 4.79 Å². The first-order valence-electron chi connectivity index (χ1n) is 8.53. The first-order valence-corrected chi connectivity index (χ1v) is 8.53. The summed E-state index contributed by atoms with van der Waals surface area (Å²) in [5.41, 5.74) is 2.07. The lowest BCUT2D eigenvalue weighted by Crippen LogP contribution is -2.37. The molecule has 1 fully saturated rings. The zero-order valence-electron chi connectivity index (χ0n) is 13.5. The van der Waals surface area contributed by atoms with Gasteiger partial charge in [-0.25, -0.2) is 0 Å². The van der Waals surface area contributed by atoms with Crippen molar-refractivity contribution in [3.05, 3.63) is 42.0 Å². The monoisotopic (exact) mass is 312 g/mol. The van der Waals surface area contributed by atoms with Crippen LogP contribution in [-0.4, -0.2) is 29.8 Å². The number of nitrogens with zero attached hydrogens (tertiary/aromatic N) is 1. The lowest BCUT2D eigenvalue weighted by atomic mass is 10.0. The Bertz CT molecular complexity index is 583. The Morgan fingerprint density at radius 3 is 2.61 bits per heavy atom. The zero-order chi connectivity index (χ0) is 16.2. The molecule has 0 atom stereocenters. The van der Waals surface area contributed by atoms with Crippen molar-refractivity contribution in [3.63, 3.8) is 0 Å². The number of nitrogens with one attached hydrogen (secondary N) is 1. The Morgan fingerprint density at radius 1 is 1.22 bits per heavy atom. The molecule has 0 bridgehead atoms. The number of benzene rings is 1. The van der Waals surface area contributed by atoms with Gasteiger partial charge in [-0.05, 0) is 24.8 Å². The van der Waals surface area contributed by atoms with Gasteiger partial charge in [0.15, 0.2) is 0 Å². The molecule has 1 aliphatic carbocycles. The largest absolute Gasteiger partial charge is 0.355 e. The second kappa shape index (κ2) is 6.99. The van der Waals surface area contributed by atoms with Crippen molar-refractivity contribution >= 4 is 17.5 Å². The van der Waals surface area contributed by atoms with Gasteiger partial charge in [0.1, 0.15) is 6.54 Å². The minimum absolute atomic E-state index is 0.0514. The molecule has 1 heterocycles. The lowest BCUT2D eigenvalue weighted by molar-refractivity contribution is -0.121. The summed E-state index contributed by atoms with van der Waals surface area (Å²) in [6, 6.07) is 7.36. The average molecular weight is 312 g/mol. The lowest BCUT2D eigenvalue weighted by Gasteiger charge is -2.17. The van der Waals surface area contributed by atoms with Gasteiger partial charge in [-0.15, -0.1) is 0 Å². The maximum atomic E-state index is 12.3. The highest BCUT2D eigenvalue weighted by molar-refractivity contribution is 6.10. The van der Waals surface area contributed by atoms with E-state index >= 15 is 0 Å². The van der Waals surface area contributed by atoms with Crippen LogP contribution in [0.15, 0.2) is 30.8 Å². The van der Waals surface area contributed by atoms with Crippen molar-refractivity contribution in [1.29, 1.82) is 0 Å². The first-order chi connectivity index (χ1) is 11.2. The van der Waals surface area contributed by atoms with E-state index < -0.39 is 0 Å². The Labute approximate surface area is 137 Å². The van der Waals surface area contributed by atoms with Crippen molar-refractivity contribution in [1.82, 2.24) is 10.2 Å². The van der Waals surface area contributed by atoms with Gasteiger partial charge in [0, 0.05) is 23.4 Å². The van der Waals surface area contributed by atoms with E-state index in [-0.39, 0.29) is 18.4 Å². The molecule has 1 aliphatic heterocycles. The molecule has 1 saturated carbocycles. The molecule has 0 spiro atoms. The molecule has 4 nitrogen and oxygen atoms in total. The van der Waals surface area contributed by atoms with Gasteiger partial charge in [-0.2, -0.15) is 0 Å². The molecule has 0 radical (unpaired) electrons. The predicted molar refractivity (Wildman–Crippen MR) is 90.7 cm³/mol. The number of hydrogen-bond acceptors (Lipinski definition) is 2. The summed E-state index contributed by atoms with van der Waals surface area (Å²) < 4.78 is 0. The van der Waals surface area contributed by atoms with E-state index in [0.29, 0.717) is 17.8 Å². The fourth-order valence-electron chi connectivity index (χ4n) is 3.62. The van der Waals surface area contributed by atoms with E-state index in [4.69, 9.17) is 0 Å². The van der Waals surface area contributed by atoms with Gasteiger partial charge in [-0.1, -0.05) is 50.5 Å². The highest BCUT2D eigenvalue weighted by Gasteiger charge is 2.31. The van der Waals surface area contributed by atoms with Crippen molar-refractivity contribution in [3.8, 4) is 0 Å². The number of amides is 2. The van der Waals surface area contributed by atoms with Crippen LogP contribution in [0.25, 0.3) is 5.70 Å². The summed E-state index contributed by atoms with van der Waals surface area (Å²) in [4.78, 5) is 25.9. The molecular weight excluding hydrogens is 288 g/mol. The van der Waals surface area contributed by atoms with E-state index in [1.165, 1.54) is 37.0 Å². The van der Waals surface area contributed by atoms with Gasteiger partial charge < -0.3 is 5.32 Å². The summed E-state index contributed by atoms with van der Waals surface area (Å²) in [6.45, 7) is 4.70. The fourth-order valence-corrected chi connectivity index (χ4v) is 3.62. The second-order valence-electron chi connectivity index (χ2n) is 6.53. The summed E-state index contributed by atoms with van der Waals surface area (Å²) in [5, 5.41) is 2.93. The van der Waals surface area contributed by atoms with Crippen LogP contribution in [0.2, 0.25) is 0 Å². The second-order valence-corrected chi connectivity index (χ2v) is 6.53. The summed E-state index contributed by atoms with van der Waals surface area (Å²) in [6.07, 6.45) is 7.61. The zero-order valence-corrected chi connectivity index (χ0v) is 13.5. The van der Waals surface area contributed by atoms with E-state index in [9.17, 15) is 9.59 Å². The topological polar surface area (TPSA) is 49.4 Å². The number of carbonyl (C=O) groups excluding carboxylic acids is 2. The van der Waals surface area contributed by atoms with Crippen LogP contribution in [0.3, 0.4) is 0 Å². The van der Waals surface area contributed by atoms with Crippen molar-refractivity contribution in [2.75, 3.05) is 13.1 Å². The van der Waals surface area contributed by atoms with Crippen molar-refractivity contribution < 1.29 is 9.59 Å². The Balaban J connectivity index is 1.45. The molecule has 0 saturated heterocycles. The maximum Gasteiger partial charge on any atom is 0.259 e. The molecule has 0 aromatic heterocycles. The van der Waals surface area contributed by atoms with Crippen LogP contribution in [0.5, 0.6) is 0 Å². The molecule has 4 heteroatoms. The van der Waals surface area contributed by atoms with Crippen molar-refractivity contribution in [2.45, 2.75) is 38.5 Å². The highest BCUT2D eigenvalue weighted by Crippen LogP contribution is 2.30. The average Bonchev–Trinajstić information content (AvgIpc) is 3.15. The SMILES string of the molecule is C=C1c2ccccc2C(=O)N1CC(=O)NCCCC1CCCC1. The van der Waals surface area contributed by atoms with Crippen LogP contribution >= 0.6 is 0 Å². The predicted octanol–water partition coefficient (Wildman–Crippen LogP) is 3.20. The van der Waals surface area contributed by atoms with E-state index in [1.54, 1.807) is 6.07 Å². The van der Waals surface area contributed by atoms with Gasteiger partial charge in [0.25, 0.3) is 5.91 Å². The van der Waals surface area contributed by atoms with Crippen LogP contribution in [0, 0.1) is 5.92 Å². The molecule has 122 valence electrons. The Kier molecular flexibility index (Phi) is 4.79. The summed E-state index contributed by atoms with van der Waals surface area (Å²) in [5.74, 6) is 0.603. The molecule has 1 aromatic rings. The minimum atomic E-state index is -0.133. The number of fused-ring (bicyclic) bond motifs is 1. The van der Waals surface area contributed by atoms with Crippen LogP contribution in [0.4, 0.5) is 0 Å². The third-order valence-electron chi connectivity index (χ3n) is 4.93. The van der Waals surface area contributed by atoms with E-state index in [1.807, 2.05) is 18.2 Å². The molecular formula is C19H24N2O2. The summed E-state index contributed by atoms with van der Waals surface area (Å²) >= 11 is 0. The van der Waals surface area contributed by atoms with E-state index in [2.05, 4.69) is 11.9 Å². The van der Waals surface area contributed by atoms with Gasteiger partial charge >= 0.3 is 0 Å². The molecule has 1 aromatic carbocycles. The van der Waals surface area contributed by atoms with E-state index in [0.717, 1.165) is 17.9 Å². The number of carbonyl (C=O) groups is 2. The Hall–Kier alpha value is -2.10. The highest BCUT2D eigenvalue weighted by atomic mass is 16.2. The number of rotatable bonds is 6. The quantitative estimate of drug-likeness (QED) is 0.820. The Morgan fingerprint density at radius 2 is 1.91 bits per heavy atom. The van der Waals surface area contributed by atoms with Crippen molar-refractivity contribution in [2.24, 2.45) is 5.92 Å².